The van der Waals surface area contributed by atoms with Gasteiger partial charge >= 0.3 is 0 Å². The minimum absolute atomic E-state index is 0.109. The van der Waals surface area contributed by atoms with E-state index in [1.807, 2.05) is 0 Å². The van der Waals surface area contributed by atoms with Crippen molar-refractivity contribution >= 4 is 17.3 Å². The van der Waals surface area contributed by atoms with Crippen LogP contribution in [0.3, 0.4) is 0 Å². The smallest absolute Gasteiger partial charge is 0.136 e. The first-order valence-electron chi connectivity index (χ1n) is 13.7. The summed E-state index contributed by atoms with van der Waals surface area (Å²) in [5.74, 6) is 3.85. The average molecular weight is 429 g/mol. The summed E-state index contributed by atoms with van der Waals surface area (Å²) in [4.78, 5) is 38.5. The molecule has 0 radical (unpaired) electrons. The van der Waals surface area contributed by atoms with Gasteiger partial charge in [-0.05, 0) is 69.1 Å². The Balaban J connectivity index is 1.21. The molecule has 31 heavy (non-hydrogen) atoms. The van der Waals surface area contributed by atoms with Crippen LogP contribution in [-0.4, -0.2) is 17.3 Å². The number of carbonyl (C=O) groups is 3. The second-order valence-electron chi connectivity index (χ2n) is 11.3. The molecule has 4 aliphatic carbocycles. The molecule has 4 saturated carbocycles. The summed E-state index contributed by atoms with van der Waals surface area (Å²) in [6.07, 6.45) is 20.2. The summed E-state index contributed by atoms with van der Waals surface area (Å²) < 4.78 is 0. The van der Waals surface area contributed by atoms with Gasteiger partial charge in [0.05, 0.1) is 0 Å². The highest BCUT2D eigenvalue weighted by Crippen LogP contribution is 2.43. The molecule has 3 nitrogen and oxygen atoms in total. The largest absolute Gasteiger partial charge is 0.299 e. The molecule has 3 heteroatoms. The molecule has 174 valence electrons. The molecule has 0 amide bonds. The van der Waals surface area contributed by atoms with E-state index in [4.69, 9.17) is 0 Å². The van der Waals surface area contributed by atoms with Gasteiger partial charge in [0.1, 0.15) is 17.3 Å². The summed E-state index contributed by atoms with van der Waals surface area (Å²) in [6.45, 7) is 0. The highest BCUT2D eigenvalue weighted by molar-refractivity contribution is 5.86. The molecular weight excluding hydrogens is 384 g/mol. The molecular formula is C28H44O3. The van der Waals surface area contributed by atoms with Gasteiger partial charge in [-0.15, -0.1) is 0 Å². The number of hydrogen-bond donors (Lipinski definition) is 0. The zero-order valence-corrected chi connectivity index (χ0v) is 19.6. The molecule has 0 aromatic rings. The van der Waals surface area contributed by atoms with E-state index < -0.39 is 0 Å². The monoisotopic (exact) mass is 428 g/mol. The van der Waals surface area contributed by atoms with Gasteiger partial charge in [0.2, 0.25) is 0 Å². The van der Waals surface area contributed by atoms with Crippen LogP contribution >= 0.6 is 0 Å². The van der Waals surface area contributed by atoms with E-state index in [1.165, 1.54) is 44.9 Å². The highest BCUT2D eigenvalue weighted by Gasteiger charge is 2.40. The maximum atomic E-state index is 13.1. The minimum atomic E-state index is 0.109. The molecule has 0 aliphatic heterocycles. The van der Waals surface area contributed by atoms with Crippen molar-refractivity contribution in [2.45, 2.75) is 122 Å². The van der Waals surface area contributed by atoms with Gasteiger partial charge < -0.3 is 0 Å². The quantitative estimate of drug-likeness (QED) is 0.416. The van der Waals surface area contributed by atoms with Crippen LogP contribution in [0, 0.1) is 35.5 Å². The van der Waals surface area contributed by atoms with E-state index in [0.717, 1.165) is 69.6 Å². The third-order valence-corrected chi connectivity index (χ3v) is 9.43. The lowest BCUT2D eigenvalue weighted by Crippen LogP contribution is -2.33. The molecule has 6 atom stereocenters. The number of fused-ring (bicyclic) bond motifs is 2. The van der Waals surface area contributed by atoms with Crippen LogP contribution in [0.5, 0.6) is 0 Å². The van der Waals surface area contributed by atoms with Crippen molar-refractivity contribution in [2.24, 2.45) is 35.5 Å². The molecule has 0 N–H and O–H groups in total. The number of rotatable bonds is 7. The predicted octanol–water partition coefficient (Wildman–Crippen LogP) is 6.86. The van der Waals surface area contributed by atoms with Crippen molar-refractivity contribution in [1.82, 2.24) is 0 Å². The maximum absolute atomic E-state index is 13.1. The van der Waals surface area contributed by atoms with Gasteiger partial charge in [0.15, 0.2) is 0 Å². The number of unbranched alkanes of at least 4 members (excludes halogenated alkanes) is 1. The first kappa shape index (κ1) is 23.2. The summed E-state index contributed by atoms with van der Waals surface area (Å²) in [6, 6.07) is 0. The van der Waals surface area contributed by atoms with Gasteiger partial charge in [0.25, 0.3) is 0 Å². The van der Waals surface area contributed by atoms with E-state index in [9.17, 15) is 14.4 Å². The van der Waals surface area contributed by atoms with Gasteiger partial charge in [-0.2, -0.15) is 0 Å². The Morgan fingerprint density at radius 2 is 1.35 bits per heavy atom. The summed E-state index contributed by atoms with van der Waals surface area (Å²) in [5.41, 5.74) is 0. The predicted molar refractivity (Wildman–Crippen MR) is 124 cm³/mol. The van der Waals surface area contributed by atoms with E-state index >= 15 is 0 Å². The SMILES string of the molecule is O=C(CCCCC(=O)C1CCCC(=O)C2CCCCC21)C1CCCC2CCCCC2C1. The third-order valence-electron chi connectivity index (χ3n) is 9.43. The van der Waals surface area contributed by atoms with E-state index in [1.54, 1.807) is 0 Å². The second kappa shape index (κ2) is 11.2. The summed E-state index contributed by atoms with van der Waals surface area (Å²) >= 11 is 0. The summed E-state index contributed by atoms with van der Waals surface area (Å²) in [5, 5.41) is 0. The maximum Gasteiger partial charge on any atom is 0.136 e. The molecule has 4 aliphatic rings. The average Bonchev–Trinajstić information content (AvgIpc) is 3.11. The molecule has 0 heterocycles. The molecule has 4 fully saturated rings. The molecule has 0 saturated heterocycles. The third kappa shape index (κ3) is 5.88. The van der Waals surface area contributed by atoms with Gasteiger partial charge in [-0.3, -0.25) is 14.4 Å². The Morgan fingerprint density at radius 1 is 0.677 bits per heavy atom. The van der Waals surface area contributed by atoms with Crippen molar-refractivity contribution in [3.05, 3.63) is 0 Å². The first-order chi connectivity index (χ1) is 15.1. The standard InChI is InChI=1S/C28H44O3/c29-26(22-12-7-11-20-9-1-2-10-21(20)19-22)16-5-6-17-27(30)25-15-8-18-28(31)24-14-4-3-13-23(24)25/h20-25H,1-19H2. The van der Waals surface area contributed by atoms with Crippen LogP contribution in [-0.2, 0) is 14.4 Å². The van der Waals surface area contributed by atoms with Crippen molar-refractivity contribution in [3.63, 3.8) is 0 Å². The van der Waals surface area contributed by atoms with Crippen molar-refractivity contribution in [1.29, 1.82) is 0 Å². The van der Waals surface area contributed by atoms with Crippen LogP contribution in [0.25, 0.3) is 0 Å². The van der Waals surface area contributed by atoms with Crippen LogP contribution in [0.15, 0.2) is 0 Å². The first-order valence-corrected chi connectivity index (χ1v) is 13.7. The Kier molecular flexibility index (Phi) is 8.40. The highest BCUT2D eigenvalue weighted by atomic mass is 16.1. The number of carbonyl (C=O) groups excluding carboxylic acids is 3. The molecule has 6 unspecified atom stereocenters. The number of hydrogen-bond acceptors (Lipinski definition) is 3. The zero-order valence-electron chi connectivity index (χ0n) is 19.6. The molecule has 0 bridgehead atoms. The molecule has 0 aromatic heterocycles. The molecule has 0 spiro atoms. The lowest BCUT2D eigenvalue weighted by molar-refractivity contribution is -0.129. The van der Waals surface area contributed by atoms with Crippen LogP contribution in [0.4, 0.5) is 0 Å². The van der Waals surface area contributed by atoms with Crippen molar-refractivity contribution < 1.29 is 14.4 Å². The molecule has 0 aromatic carbocycles. The van der Waals surface area contributed by atoms with Crippen LogP contribution in [0.1, 0.15) is 122 Å². The lowest BCUT2D eigenvalue weighted by Gasteiger charge is -2.33. The lowest BCUT2D eigenvalue weighted by atomic mass is 9.69. The van der Waals surface area contributed by atoms with Crippen molar-refractivity contribution in [3.8, 4) is 0 Å². The normalized spacial score (nSPS) is 36.6. The van der Waals surface area contributed by atoms with Crippen molar-refractivity contribution in [2.75, 3.05) is 0 Å². The van der Waals surface area contributed by atoms with Gasteiger partial charge in [0, 0.05) is 37.0 Å². The minimum Gasteiger partial charge on any atom is -0.299 e. The zero-order chi connectivity index (χ0) is 21.6. The number of Topliss-reactive ketones (excluding diaryl/α,β-unsaturated/α-hetero) is 3. The number of ketones is 3. The Morgan fingerprint density at radius 3 is 2.19 bits per heavy atom. The van der Waals surface area contributed by atoms with Gasteiger partial charge in [-0.1, -0.05) is 51.4 Å². The Bertz CT molecular complexity index is 638. The topological polar surface area (TPSA) is 51.2 Å². The summed E-state index contributed by atoms with van der Waals surface area (Å²) in [7, 11) is 0. The fourth-order valence-corrected chi connectivity index (χ4v) is 7.70. The van der Waals surface area contributed by atoms with Crippen LogP contribution < -0.4 is 0 Å². The fourth-order valence-electron chi connectivity index (χ4n) is 7.70. The van der Waals surface area contributed by atoms with Crippen LogP contribution in [0.2, 0.25) is 0 Å². The fraction of sp³-hybridized carbons (Fsp3) is 0.893. The van der Waals surface area contributed by atoms with E-state index in [-0.39, 0.29) is 11.8 Å². The Labute approximate surface area is 189 Å². The van der Waals surface area contributed by atoms with E-state index in [2.05, 4.69) is 0 Å². The molecule has 4 rings (SSSR count). The Hall–Kier alpha value is -0.990. The van der Waals surface area contributed by atoms with Gasteiger partial charge in [-0.25, -0.2) is 0 Å². The van der Waals surface area contributed by atoms with E-state index in [0.29, 0.717) is 48.4 Å². The second-order valence-corrected chi connectivity index (χ2v) is 11.3.